The molecule has 1 aliphatic heterocycles. The van der Waals surface area contributed by atoms with E-state index in [-0.39, 0.29) is 18.4 Å². The molecule has 7 N–H and O–H groups in total. The first-order chi connectivity index (χ1) is 16.2. The highest BCUT2D eigenvalue weighted by Gasteiger charge is 2.28. The molecule has 0 radical (unpaired) electrons. The highest BCUT2D eigenvalue weighted by atomic mass is 16.5. The molecule has 0 bridgehead atoms. The molecule has 2 unspecified atom stereocenters. The molecule has 0 saturated carbocycles. The van der Waals surface area contributed by atoms with Crippen molar-refractivity contribution in [1.82, 2.24) is 10.3 Å². The van der Waals surface area contributed by atoms with Gasteiger partial charge in [0.25, 0.3) is 0 Å². The molecule has 1 fully saturated rings. The largest absolute Gasteiger partial charge is 0.489 e. The smallest absolute Gasteiger partial charge is 0.311 e. The molecule has 0 amide bonds. The van der Waals surface area contributed by atoms with E-state index in [0.29, 0.717) is 39.0 Å². The van der Waals surface area contributed by atoms with Crippen LogP contribution in [0, 0.1) is 5.41 Å². The second-order valence-electron chi connectivity index (χ2n) is 8.65. The third kappa shape index (κ3) is 4.74. The number of hydrogen-bond donors (Lipinski definition) is 6. The van der Waals surface area contributed by atoms with Crippen LogP contribution in [0.1, 0.15) is 47.6 Å². The topological polar surface area (TPSA) is 162 Å². The minimum Gasteiger partial charge on any atom is -0.489 e. The standard InChI is InChI=1S/C25H28N4O5/c1-13(24(30)31)22-18-7-4-15(23(26)27)10-20(18)29-21(22)11-19(25(32)33)14-2-5-16(6-3-14)34-17-8-9-28-12-17/h2-7,10,13,17,19,28-29H,8-9,11-12H2,1H3,(H3,26,27)(H,30,31)(H,32,33)/t13?,17-,19?/m0/s1. The number of carboxylic acid groups (broad SMARTS) is 2. The average molecular weight is 465 g/mol. The highest BCUT2D eigenvalue weighted by molar-refractivity contribution is 6.00. The Hall–Kier alpha value is -3.85. The number of ether oxygens (including phenoxy) is 1. The number of aliphatic carboxylic acids is 2. The van der Waals surface area contributed by atoms with Crippen molar-refractivity contribution in [3.05, 3.63) is 64.8 Å². The summed E-state index contributed by atoms with van der Waals surface area (Å²) in [6.07, 6.45) is 1.11. The summed E-state index contributed by atoms with van der Waals surface area (Å²) in [5.74, 6) is -3.17. The van der Waals surface area contributed by atoms with Gasteiger partial charge < -0.3 is 31.0 Å². The van der Waals surface area contributed by atoms with E-state index in [1.165, 1.54) is 0 Å². The first kappa shape index (κ1) is 23.3. The normalized spacial score (nSPS) is 17.4. The van der Waals surface area contributed by atoms with Crippen LogP contribution in [-0.2, 0) is 16.0 Å². The van der Waals surface area contributed by atoms with Gasteiger partial charge in [-0.2, -0.15) is 0 Å². The molecule has 2 heterocycles. The maximum absolute atomic E-state index is 12.2. The van der Waals surface area contributed by atoms with Gasteiger partial charge in [-0.3, -0.25) is 15.0 Å². The average Bonchev–Trinajstić information content (AvgIpc) is 3.44. The summed E-state index contributed by atoms with van der Waals surface area (Å²) >= 11 is 0. The molecular weight excluding hydrogens is 436 g/mol. The Balaban J connectivity index is 1.67. The Labute approximate surface area is 196 Å². The van der Waals surface area contributed by atoms with E-state index in [9.17, 15) is 19.8 Å². The van der Waals surface area contributed by atoms with Gasteiger partial charge in [-0.25, -0.2) is 0 Å². The Bertz CT molecular complexity index is 1230. The van der Waals surface area contributed by atoms with E-state index in [4.69, 9.17) is 15.9 Å². The maximum atomic E-state index is 12.2. The lowest BCUT2D eigenvalue weighted by Crippen LogP contribution is -2.20. The summed E-state index contributed by atoms with van der Waals surface area (Å²) < 4.78 is 5.93. The van der Waals surface area contributed by atoms with E-state index in [0.717, 1.165) is 19.5 Å². The Kier molecular flexibility index (Phi) is 6.56. The predicted molar refractivity (Wildman–Crippen MR) is 128 cm³/mol. The molecule has 34 heavy (non-hydrogen) atoms. The number of nitrogens with one attached hydrogen (secondary N) is 3. The number of fused-ring (bicyclic) bond motifs is 1. The molecule has 1 aliphatic rings. The molecule has 4 rings (SSSR count). The number of amidine groups is 1. The van der Waals surface area contributed by atoms with Crippen LogP contribution in [0.15, 0.2) is 42.5 Å². The number of carbonyl (C=O) groups is 2. The number of benzene rings is 2. The third-order valence-corrected chi connectivity index (χ3v) is 6.34. The van der Waals surface area contributed by atoms with Crippen LogP contribution in [0.5, 0.6) is 5.75 Å². The lowest BCUT2D eigenvalue weighted by molar-refractivity contribution is -0.139. The fourth-order valence-corrected chi connectivity index (χ4v) is 4.47. The lowest BCUT2D eigenvalue weighted by Gasteiger charge is -2.17. The molecule has 3 atom stereocenters. The van der Waals surface area contributed by atoms with Crippen LogP contribution >= 0.6 is 0 Å². The summed E-state index contributed by atoms with van der Waals surface area (Å²) in [4.78, 5) is 27.3. The van der Waals surface area contributed by atoms with Gasteiger partial charge in [0, 0.05) is 35.1 Å². The first-order valence-electron chi connectivity index (χ1n) is 11.2. The van der Waals surface area contributed by atoms with Crippen LogP contribution in [-0.4, -0.2) is 52.2 Å². The second kappa shape index (κ2) is 9.56. The second-order valence-corrected chi connectivity index (χ2v) is 8.65. The van der Waals surface area contributed by atoms with Gasteiger partial charge in [0.1, 0.15) is 17.7 Å². The van der Waals surface area contributed by atoms with Gasteiger partial charge in [-0.05, 0) is 49.2 Å². The summed E-state index contributed by atoms with van der Waals surface area (Å²) in [5, 5.41) is 31.3. The number of H-pyrrole nitrogens is 1. The fourth-order valence-electron chi connectivity index (χ4n) is 4.47. The molecule has 9 nitrogen and oxygen atoms in total. The van der Waals surface area contributed by atoms with Crippen molar-refractivity contribution in [2.45, 2.75) is 37.7 Å². The van der Waals surface area contributed by atoms with Gasteiger partial charge in [0.15, 0.2) is 0 Å². The Morgan fingerprint density at radius 2 is 1.91 bits per heavy atom. The molecule has 9 heteroatoms. The number of aromatic nitrogens is 1. The van der Waals surface area contributed by atoms with Crippen LogP contribution in [0.3, 0.4) is 0 Å². The SMILES string of the molecule is CC(C(=O)O)c1c(CC(C(=O)O)c2ccc(O[C@H]3CCNC3)cc2)[nH]c2cc(C(=N)N)ccc12. The summed E-state index contributed by atoms with van der Waals surface area (Å²) in [6.45, 7) is 3.28. The van der Waals surface area contributed by atoms with Crippen molar-refractivity contribution >= 4 is 28.7 Å². The number of nitrogen functional groups attached to an aromatic ring is 1. The van der Waals surface area contributed by atoms with Gasteiger partial charge >= 0.3 is 11.9 Å². The van der Waals surface area contributed by atoms with Gasteiger partial charge in [0.2, 0.25) is 0 Å². The monoisotopic (exact) mass is 464 g/mol. The summed E-state index contributed by atoms with van der Waals surface area (Å²) in [5.41, 5.74) is 8.39. The lowest BCUT2D eigenvalue weighted by atomic mass is 9.89. The van der Waals surface area contributed by atoms with Crippen LogP contribution in [0.4, 0.5) is 0 Å². The minimum absolute atomic E-state index is 0.0825. The first-order valence-corrected chi connectivity index (χ1v) is 11.2. The number of carboxylic acids is 2. The maximum Gasteiger partial charge on any atom is 0.311 e. The summed E-state index contributed by atoms with van der Waals surface area (Å²) in [6, 6.07) is 12.1. The molecule has 1 aromatic heterocycles. The zero-order valence-electron chi connectivity index (χ0n) is 18.8. The predicted octanol–water partition coefficient (Wildman–Crippen LogP) is 2.79. The van der Waals surface area contributed by atoms with E-state index < -0.39 is 23.8 Å². The zero-order valence-corrected chi connectivity index (χ0v) is 18.8. The molecule has 0 aliphatic carbocycles. The van der Waals surface area contributed by atoms with Crippen LogP contribution in [0.25, 0.3) is 10.9 Å². The van der Waals surface area contributed by atoms with E-state index in [1.54, 1.807) is 49.4 Å². The number of aromatic amines is 1. The van der Waals surface area contributed by atoms with E-state index >= 15 is 0 Å². The van der Waals surface area contributed by atoms with Crippen molar-refractivity contribution in [2.24, 2.45) is 5.73 Å². The quantitative estimate of drug-likeness (QED) is 0.210. The van der Waals surface area contributed by atoms with Crippen molar-refractivity contribution in [3.8, 4) is 5.75 Å². The van der Waals surface area contributed by atoms with Crippen molar-refractivity contribution in [1.29, 1.82) is 5.41 Å². The number of hydrogen-bond acceptors (Lipinski definition) is 5. The molecule has 178 valence electrons. The van der Waals surface area contributed by atoms with E-state index in [2.05, 4.69) is 10.3 Å². The van der Waals surface area contributed by atoms with Crippen molar-refractivity contribution in [3.63, 3.8) is 0 Å². The number of rotatable bonds is 9. The highest BCUT2D eigenvalue weighted by Crippen LogP contribution is 2.34. The van der Waals surface area contributed by atoms with Crippen LogP contribution < -0.4 is 15.8 Å². The third-order valence-electron chi connectivity index (χ3n) is 6.34. The van der Waals surface area contributed by atoms with Crippen molar-refractivity contribution in [2.75, 3.05) is 13.1 Å². The van der Waals surface area contributed by atoms with Crippen molar-refractivity contribution < 1.29 is 24.5 Å². The molecule has 2 aromatic carbocycles. The fraction of sp³-hybridized carbons (Fsp3) is 0.320. The zero-order chi connectivity index (χ0) is 24.4. The van der Waals surface area contributed by atoms with Gasteiger partial charge in [0.05, 0.1) is 11.8 Å². The van der Waals surface area contributed by atoms with Crippen LogP contribution in [0.2, 0.25) is 0 Å². The minimum atomic E-state index is -1.01. The molecule has 0 spiro atoms. The molecule has 1 saturated heterocycles. The van der Waals surface area contributed by atoms with Gasteiger partial charge in [-0.15, -0.1) is 0 Å². The Morgan fingerprint density at radius 3 is 2.50 bits per heavy atom. The van der Waals surface area contributed by atoms with E-state index in [1.807, 2.05) is 0 Å². The molecule has 3 aromatic rings. The molecular formula is C25H28N4O5. The Morgan fingerprint density at radius 1 is 1.18 bits per heavy atom. The summed E-state index contributed by atoms with van der Waals surface area (Å²) in [7, 11) is 0. The number of nitrogens with two attached hydrogens (primary N) is 1. The van der Waals surface area contributed by atoms with Gasteiger partial charge in [-0.1, -0.05) is 24.3 Å².